The van der Waals surface area contributed by atoms with Gasteiger partial charge in [-0.15, -0.1) is 0 Å². The molecular weight excluding hydrogens is 267 g/mol. The van der Waals surface area contributed by atoms with Crippen LogP contribution in [0.15, 0.2) is 18.2 Å². The molecular formula is C11H9NaO5S. The Morgan fingerprint density at radius 2 is 1.61 bits per heavy atom. The molecule has 1 rings (SSSR count). The van der Waals surface area contributed by atoms with E-state index in [4.69, 9.17) is 9.47 Å². The monoisotopic (exact) mass is 276 g/mol. The maximum atomic E-state index is 11.0. The first-order chi connectivity index (χ1) is 7.90. The van der Waals surface area contributed by atoms with Crippen molar-refractivity contribution in [2.24, 2.45) is 0 Å². The van der Waals surface area contributed by atoms with Gasteiger partial charge >= 0.3 is 41.5 Å². The number of hydrogen-bond donors (Lipinski definition) is 0. The number of thiocarbonyl (C=S) groups is 1. The summed E-state index contributed by atoms with van der Waals surface area (Å²) in [6.07, 6.45) is 0. The molecule has 0 heterocycles. The van der Waals surface area contributed by atoms with Crippen molar-refractivity contribution < 1.29 is 53.7 Å². The Morgan fingerprint density at radius 3 is 2.06 bits per heavy atom. The number of esters is 2. The van der Waals surface area contributed by atoms with Crippen LogP contribution in [0.25, 0.3) is 0 Å². The third kappa shape index (κ3) is 5.14. The summed E-state index contributed by atoms with van der Waals surface area (Å²) in [5.41, 5.74) is 0.187. The molecule has 1 aromatic rings. The smallest absolute Gasteiger partial charge is 0.864 e. The molecule has 5 nitrogen and oxygen atoms in total. The minimum Gasteiger partial charge on any atom is -0.864 e. The second kappa shape index (κ2) is 7.48. The Morgan fingerprint density at radius 1 is 1.11 bits per heavy atom. The zero-order valence-corrected chi connectivity index (χ0v) is 13.0. The van der Waals surface area contributed by atoms with E-state index in [-0.39, 0.29) is 46.6 Å². The maximum Gasteiger partial charge on any atom is 1.00 e. The van der Waals surface area contributed by atoms with Crippen molar-refractivity contribution in [3.8, 4) is 11.5 Å². The van der Waals surface area contributed by atoms with Gasteiger partial charge in [-0.05, 0) is 22.7 Å². The number of rotatable bonds is 3. The quantitative estimate of drug-likeness (QED) is 0.265. The molecule has 0 unspecified atom stereocenters. The van der Waals surface area contributed by atoms with E-state index in [1.807, 2.05) is 0 Å². The van der Waals surface area contributed by atoms with E-state index in [1.165, 1.54) is 32.0 Å². The second-order valence-electron chi connectivity index (χ2n) is 3.14. The van der Waals surface area contributed by atoms with Crippen molar-refractivity contribution in [3.05, 3.63) is 23.8 Å². The van der Waals surface area contributed by atoms with E-state index in [2.05, 4.69) is 12.2 Å². The first kappa shape index (κ1) is 17.1. The zero-order chi connectivity index (χ0) is 13.0. The fourth-order valence-electron chi connectivity index (χ4n) is 1.11. The van der Waals surface area contributed by atoms with Crippen molar-refractivity contribution in [3.63, 3.8) is 0 Å². The SMILES string of the molecule is CC(=O)Oc1ccc(C([O-])=S)cc1OC(C)=O.[Na+]. The molecule has 0 fully saturated rings. The van der Waals surface area contributed by atoms with Gasteiger partial charge in [0.05, 0.1) is 0 Å². The summed E-state index contributed by atoms with van der Waals surface area (Å²) in [5.74, 6) is -1.10. The van der Waals surface area contributed by atoms with E-state index in [0.29, 0.717) is 0 Å². The van der Waals surface area contributed by atoms with Gasteiger partial charge in [-0.3, -0.25) is 9.59 Å². The molecule has 1 aromatic carbocycles. The van der Waals surface area contributed by atoms with Crippen LogP contribution in [-0.4, -0.2) is 17.0 Å². The normalized spacial score (nSPS) is 9.00. The summed E-state index contributed by atoms with van der Waals surface area (Å²) >= 11 is 4.46. The summed E-state index contributed by atoms with van der Waals surface area (Å²) < 4.78 is 9.64. The molecule has 0 atom stereocenters. The van der Waals surface area contributed by atoms with E-state index in [1.54, 1.807) is 0 Å². The molecule has 0 aromatic heterocycles. The molecule has 0 saturated carbocycles. The number of carbonyl (C=O) groups excluding carboxylic acids is 2. The largest absolute Gasteiger partial charge is 1.00 e. The first-order valence-electron chi connectivity index (χ1n) is 4.62. The number of ether oxygens (including phenoxy) is 2. The molecule has 0 aliphatic rings. The summed E-state index contributed by atoms with van der Waals surface area (Å²) in [7, 11) is 0. The van der Waals surface area contributed by atoms with Crippen molar-refractivity contribution in [1.29, 1.82) is 0 Å². The van der Waals surface area contributed by atoms with Gasteiger partial charge in [0.1, 0.15) is 0 Å². The van der Waals surface area contributed by atoms with Gasteiger partial charge in [0, 0.05) is 13.8 Å². The van der Waals surface area contributed by atoms with Gasteiger partial charge in [0.2, 0.25) is 0 Å². The topological polar surface area (TPSA) is 75.7 Å². The molecule has 0 N–H and O–H groups in total. The molecule has 0 bridgehead atoms. The Kier molecular flexibility index (Phi) is 7.08. The van der Waals surface area contributed by atoms with Crippen molar-refractivity contribution >= 4 is 29.2 Å². The summed E-state index contributed by atoms with van der Waals surface area (Å²) in [5, 5.41) is 10.4. The predicted octanol–water partition coefficient (Wildman–Crippen LogP) is -2.42. The van der Waals surface area contributed by atoms with Crippen LogP contribution < -0.4 is 44.1 Å². The van der Waals surface area contributed by atoms with Crippen LogP contribution in [-0.2, 0) is 9.59 Å². The molecule has 0 aliphatic heterocycles. The van der Waals surface area contributed by atoms with Crippen LogP contribution in [0.2, 0.25) is 0 Å². The summed E-state index contributed by atoms with van der Waals surface area (Å²) in [6, 6.07) is 3.99. The van der Waals surface area contributed by atoms with E-state index in [0.717, 1.165) is 0 Å². The number of hydrogen-bond acceptors (Lipinski definition) is 6. The fraction of sp³-hybridized carbons (Fsp3) is 0.182. The Bertz CT molecular complexity index is 486. The van der Waals surface area contributed by atoms with Gasteiger partial charge in [0.25, 0.3) is 0 Å². The zero-order valence-electron chi connectivity index (χ0n) is 10.2. The third-order valence-corrected chi connectivity index (χ3v) is 1.92. The van der Waals surface area contributed by atoms with Crippen LogP contribution >= 0.6 is 12.2 Å². The summed E-state index contributed by atoms with van der Waals surface area (Å²) in [4.78, 5) is 21.7. The summed E-state index contributed by atoms with van der Waals surface area (Å²) in [6.45, 7) is 2.41. The number of benzene rings is 1. The average Bonchev–Trinajstić information content (AvgIpc) is 2.18. The van der Waals surface area contributed by atoms with Gasteiger partial charge in [-0.25, -0.2) is 0 Å². The van der Waals surface area contributed by atoms with E-state index >= 15 is 0 Å². The molecule has 0 saturated heterocycles. The van der Waals surface area contributed by atoms with Crippen molar-refractivity contribution in [1.82, 2.24) is 0 Å². The standard InChI is InChI=1S/C11H10O5S.Na/c1-6(12)15-9-4-3-8(11(14)17)5-10(9)16-7(2)13;/h3-5H,1-2H3,(H,14,17);/q;+1/p-1. The molecule has 0 aliphatic carbocycles. The minimum absolute atomic E-state index is 0. The van der Waals surface area contributed by atoms with Crippen LogP contribution in [0.3, 0.4) is 0 Å². The Hall–Kier alpha value is -0.950. The molecule has 0 radical (unpaired) electrons. The molecule has 0 amide bonds. The molecule has 7 heteroatoms. The van der Waals surface area contributed by atoms with Crippen molar-refractivity contribution in [2.45, 2.75) is 13.8 Å². The van der Waals surface area contributed by atoms with Gasteiger partial charge < -0.3 is 14.6 Å². The second-order valence-corrected chi connectivity index (χ2v) is 3.51. The van der Waals surface area contributed by atoms with E-state index in [9.17, 15) is 14.7 Å². The van der Waals surface area contributed by atoms with Crippen LogP contribution in [0.1, 0.15) is 19.4 Å². The van der Waals surface area contributed by atoms with Gasteiger partial charge in [-0.1, -0.05) is 18.3 Å². The van der Waals surface area contributed by atoms with Gasteiger partial charge in [-0.2, -0.15) is 0 Å². The molecule has 90 valence electrons. The number of carbonyl (C=O) groups is 2. The minimum atomic E-state index is -0.590. The first-order valence-corrected chi connectivity index (χ1v) is 5.03. The Balaban J connectivity index is 0.00000289. The van der Waals surface area contributed by atoms with Crippen molar-refractivity contribution in [2.75, 3.05) is 0 Å². The third-order valence-electron chi connectivity index (χ3n) is 1.69. The maximum absolute atomic E-state index is 11.0. The van der Waals surface area contributed by atoms with Crippen LogP contribution in [0, 0.1) is 0 Å². The molecule has 18 heavy (non-hydrogen) atoms. The average molecular weight is 276 g/mol. The predicted molar refractivity (Wildman–Crippen MR) is 60.8 cm³/mol. The molecule has 0 spiro atoms. The van der Waals surface area contributed by atoms with Crippen LogP contribution in [0.4, 0.5) is 0 Å². The van der Waals surface area contributed by atoms with Gasteiger partial charge in [0.15, 0.2) is 11.5 Å². The fourth-order valence-corrected chi connectivity index (χ4v) is 1.24. The Labute approximate surface area is 131 Å². The van der Waals surface area contributed by atoms with E-state index < -0.39 is 17.0 Å². The van der Waals surface area contributed by atoms with Crippen LogP contribution in [0.5, 0.6) is 11.5 Å².